The van der Waals surface area contributed by atoms with Crippen molar-refractivity contribution in [3.8, 4) is 11.5 Å². The largest absolute Gasteiger partial charge is 0.493 e. The Morgan fingerprint density at radius 2 is 2.27 bits per heavy atom. The van der Waals surface area contributed by atoms with Crippen LogP contribution in [0.25, 0.3) is 0 Å². The Balaban J connectivity index is 1.81. The molecular formula is C18H21NO3. The Kier molecular flexibility index (Phi) is 2.38. The SMILES string of the molecule is COc1ccc2c3c1OC1C(=O)CCC4[C@@H](C2)N(C)CCC314. The summed E-state index contributed by atoms with van der Waals surface area (Å²) in [5, 5.41) is 0. The third-order valence-electron chi connectivity index (χ3n) is 6.59. The molecular weight excluding hydrogens is 278 g/mol. The lowest BCUT2D eigenvalue weighted by molar-refractivity contribution is -0.138. The highest BCUT2D eigenvalue weighted by Gasteiger charge is 2.65. The number of Topliss-reactive ketones (excluding diaryl/α,β-unsaturated/α-hetero) is 1. The zero-order valence-electron chi connectivity index (χ0n) is 13.1. The van der Waals surface area contributed by atoms with Crippen molar-refractivity contribution in [1.29, 1.82) is 0 Å². The van der Waals surface area contributed by atoms with Crippen LogP contribution in [-0.4, -0.2) is 43.5 Å². The molecule has 1 spiro atoms. The summed E-state index contributed by atoms with van der Waals surface area (Å²) in [6.07, 6.45) is 3.47. The van der Waals surface area contributed by atoms with Crippen LogP contribution in [0.5, 0.6) is 11.5 Å². The minimum atomic E-state index is -0.284. The summed E-state index contributed by atoms with van der Waals surface area (Å²) in [4.78, 5) is 15.1. The predicted octanol–water partition coefficient (Wildman–Crippen LogP) is 1.93. The maximum atomic E-state index is 12.6. The van der Waals surface area contributed by atoms with Crippen molar-refractivity contribution in [2.75, 3.05) is 20.7 Å². The summed E-state index contributed by atoms with van der Waals surface area (Å²) in [5.41, 5.74) is 2.57. The van der Waals surface area contributed by atoms with E-state index in [2.05, 4.69) is 18.0 Å². The number of benzene rings is 1. The maximum Gasteiger partial charge on any atom is 0.174 e. The molecule has 116 valence electrons. The molecule has 4 nitrogen and oxygen atoms in total. The molecule has 2 heterocycles. The topological polar surface area (TPSA) is 38.8 Å². The zero-order valence-corrected chi connectivity index (χ0v) is 13.1. The first-order chi connectivity index (χ1) is 10.7. The van der Waals surface area contributed by atoms with E-state index in [9.17, 15) is 4.79 Å². The third kappa shape index (κ3) is 1.27. The zero-order chi connectivity index (χ0) is 15.1. The molecule has 1 aromatic rings. The molecule has 2 bridgehead atoms. The van der Waals surface area contributed by atoms with Crippen LogP contribution in [0.2, 0.25) is 0 Å². The number of likely N-dealkylation sites (tertiary alicyclic amines) is 1. The Bertz CT molecular complexity index is 685. The van der Waals surface area contributed by atoms with Crippen molar-refractivity contribution in [2.45, 2.75) is 43.2 Å². The number of hydrogen-bond donors (Lipinski definition) is 0. The van der Waals surface area contributed by atoms with Gasteiger partial charge in [-0.15, -0.1) is 0 Å². The Morgan fingerprint density at radius 3 is 3.09 bits per heavy atom. The first-order valence-corrected chi connectivity index (χ1v) is 8.27. The number of methoxy groups -OCH3 is 1. The van der Waals surface area contributed by atoms with Gasteiger partial charge in [0.2, 0.25) is 0 Å². The predicted molar refractivity (Wildman–Crippen MR) is 81.6 cm³/mol. The number of hydrogen-bond acceptors (Lipinski definition) is 4. The number of piperidine rings is 1. The van der Waals surface area contributed by atoms with Crippen LogP contribution in [0.4, 0.5) is 0 Å². The number of ketones is 1. The highest BCUT2D eigenvalue weighted by atomic mass is 16.5. The number of rotatable bonds is 1. The monoisotopic (exact) mass is 299 g/mol. The minimum Gasteiger partial charge on any atom is -0.493 e. The van der Waals surface area contributed by atoms with Crippen LogP contribution in [-0.2, 0) is 16.6 Å². The standard InChI is InChI=1S/C18H21NO3/c1-19-8-7-18-11-4-5-13(20)17(18)22-16-14(21-2)6-3-10(15(16)18)9-12(11)19/h3,6,11-12,17H,4-5,7-9H2,1-2H3/t11?,12-,17?,18?/m1/s1. The highest BCUT2D eigenvalue weighted by Crippen LogP contribution is 2.62. The van der Waals surface area contributed by atoms with E-state index in [1.807, 2.05) is 6.07 Å². The molecule has 4 atom stereocenters. The number of ether oxygens (including phenoxy) is 2. The fourth-order valence-electron chi connectivity index (χ4n) is 5.67. The van der Waals surface area contributed by atoms with Gasteiger partial charge in [-0.2, -0.15) is 0 Å². The molecule has 0 aromatic heterocycles. The van der Waals surface area contributed by atoms with Gasteiger partial charge in [0.05, 0.1) is 7.11 Å². The maximum absolute atomic E-state index is 12.6. The van der Waals surface area contributed by atoms with Gasteiger partial charge in [0.1, 0.15) is 0 Å². The first kappa shape index (κ1) is 12.9. The van der Waals surface area contributed by atoms with Crippen LogP contribution in [0, 0.1) is 5.92 Å². The van der Waals surface area contributed by atoms with Gasteiger partial charge in [0.15, 0.2) is 23.4 Å². The van der Waals surface area contributed by atoms with E-state index < -0.39 is 0 Å². The van der Waals surface area contributed by atoms with E-state index in [1.54, 1.807) is 7.11 Å². The van der Waals surface area contributed by atoms with E-state index in [-0.39, 0.29) is 17.3 Å². The molecule has 4 aliphatic rings. The molecule has 4 heteroatoms. The van der Waals surface area contributed by atoms with Crippen molar-refractivity contribution in [1.82, 2.24) is 4.90 Å². The van der Waals surface area contributed by atoms with Crippen molar-refractivity contribution in [3.05, 3.63) is 23.3 Å². The second-order valence-electron chi connectivity index (χ2n) is 7.28. The number of nitrogens with zero attached hydrogens (tertiary/aromatic N) is 1. The molecule has 2 fully saturated rings. The Morgan fingerprint density at radius 1 is 1.41 bits per heavy atom. The lowest BCUT2D eigenvalue weighted by Gasteiger charge is -2.57. The van der Waals surface area contributed by atoms with E-state index in [0.717, 1.165) is 37.3 Å². The Hall–Kier alpha value is -1.55. The van der Waals surface area contributed by atoms with Gasteiger partial charge in [0.25, 0.3) is 0 Å². The van der Waals surface area contributed by atoms with Crippen molar-refractivity contribution in [2.24, 2.45) is 5.92 Å². The second-order valence-corrected chi connectivity index (χ2v) is 7.28. The first-order valence-electron chi connectivity index (χ1n) is 8.27. The normalized spacial score (nSPS) is 38.5. The van der Waals surface area contributed by atoms with E-state index in [0.29, 0.717) is 18.4 Å². The average Bonchev–Trinajstić information content (AvgIpc) is 2.88. The highest BCUT2D eigenvalue weighted by molar-refractivity contribution is 5.89. The fourth-order valence-corrected chi connectivity index (χ4v) is 5.67. The fraction of sp³-hybridized carbons (Fsp3) is 0.611. The van der Waals surface area contributed by atoms with Crippen LogP contribution >= 0.6 is 0 Å². The van der Waals surface area contributed by atoms with E-state index in [1.165, 1.54) is 11.1 Å². The molecule has 3 unspecified atom stereocenters. The van der Waals surface area contributed by atoms with Crippen LogP contribution in [0.1, 0.15) is 30.4 Å². The van der Waals surface area contributed by atoms with E-state index in [4.69, 9.17) is 9.47 Å². The smallest absolute Gasteiger partial charge is 0.174 e. The molecule has 2 aliphatic heterocycles. The summed E-state index contributed by atoms with van der Waals surface area (Å²) in [6.45, 7) is 1.05. The summed E-state index contributed by atoms with van der Waals surface area (Å²) in [7, 11) is 3.91. The Labute approximate surface area is 130 Å². The summed E-state index contributed by atoms with van der Waals surface area (Å²) in [5.74, 6) is 2.46. The molecule has 2 aliphatic carbocycles. The van der Waals surface area contributed by atoms with Crippen molar-refractivity contribution in [3.63, 3.8) is 0 Å². The van der Waals surface area contributed by atoms with Crippen molar-refractivity contribution < 1.29 is 14.3 Å². The van der Waals surface area contributed by atoms with Crippen LogP contribution < -0.4 is 9.47 Å². The molecule has 22 heavy (non-hydrogen) atoms. The van der Waals surface area contributed by atoms with Gasteiger partial charge < -0.3 is 14.4 Å². The minimum absolute atomic E-state index is 0.0933. The molecule has 1 aromatic carbocycles. The van der Waals surface area contributed by atoms with Gasteiger partial charge in [0, 0.05) is 23.4 Å². The summed E-state index contributed by atoms with van der Waals surface area (Å²) < 4.78 is 11.8. The van der Waals surface area contributed by atoms with Crippen LogP contribution in [0.3, 0.4) is 0 Å². The molecule has 1 saturated carbocycles. The third-order valence-corrected chi connectivity index (χ3v) is 6.59. The summed E-state index contributed by atoms with van der Waals surface area (Å²) >= 11 is 0. The number of carbonyl (C=O) groups excluding carboxylic acids is 1. The molecule has 0 N–H and O–H groups in total. The average molecular weight is 299 g/mol. The molecule has 5 rings (SSSR count). The van der Waals surface area contributed by atoms with Gasteiger partial charge in [-0.25, -0.2) is 0 Å². The van der Waals surface area contributed by atoms with Gasteiger partial charge in [-0.3, -0.25) is 4.79 Å². The van der Waals surface area contributed by atoms with E-state index >= 15 is 0 Å². The quantitative estimate of drug-likeness (QED) is 0.794. The lowest BCUT2D eigenvalue weighted by Crippen LogP contribution is -2.65. The second kappa shape index (κ2) is 4.05. The number of carbonyl (C=O) groups is 1. The van der Waals surface area contributed by atoms with Gasteiger partial charge in [-0.1, -0.05) is 6.07 Å². The molecule has 1 saturated heterocycles. The molecule has 0 amide bonds. The van der Waals surface area contributed by atoms with Crippen molar-refractivity contribution >= 4 is 5.78 Å². The lowest BCUT2D eigenvalue weighted by atomic mass is 9.52. The number of likely N-dealkylation sites (N-methyl/N-ethyl adjacent to an activating group) is 1. The van der Waals surface area contributed by atoms with Gasteiger partial charge >= 0.3 is 0 Å². The van der Waals surface area contributed by atoms with Crippen LogP contribution in [0.15, 0.2) is 12.1 Å². The molecule has 0 radical (unpaired) electrons. The van der Waals surface area contributed by atoms with Gasteiger partial charge in [-0.05, 0) is 50.4 Å². The summed E-state index contributed by atoms with van der Waals surface area (Å²) in [6, 6.07) is 4.73.